The summed E-state index contributed by atoms with van der Waals surface area (Å²) < 4.78 is 18.4. The second kappa shape index (κ2) is 3.96. The Morgan fingerprint density at radius 2 is 2.00 bits per heavy atom. The van der Waals surface area contributed by atoms with Crippen molar-refractivity contribution in [3.8, 4) is 0 Å². The van der Waals surface area contributed by atoms with Crippen molar-refractivity contribution in [3.05, 3.63) is 0 Å². The molecule has 0 spiro atoms. The summed E-state index contributed by atoms with van der Waals surface area (Å²) in [6.07, 6.45) is 0.913. The third-order valence-corrected chi connectivity index (χ3v) is 3.32. The average Bonchev–Trinajstić information content (AvgIpc) is 1.85. The third-order valence-electron chi connectivity index (χ3n) is 1.49. The maximum atomic E-state index is 11.1. The molecule has 0 bridgehead atoms. The van der Waals surface area contributed by atoms with Gasteiger partial charge in [-0.2, -0.15) is 0 Å². The number of hydrogen-bond acceptors (Lipinski definition) is 2. The van der Waals surface area contributed by atoms with Crippen molar-refractivity contribution in [3.63, 3.8) is 0 Å². The fourth-order valence-electron chi connectivity index (χ4n) is 0.570. The highest BCUT2D eigenvalue weighted by Crippen LogP contribution is 2.03. The first-order chi connectivity index (χ1) is 4.48. The first-order valence-electron chi connectivity index (χ1n) is 3.72. The summed E-state index contributed by atoms with van der Waals surface area (Å²) in [4.78, 5) is 0. The largest absolute Gasteiger partial charge is 0.253 e. The van der Waals surface area contributed by atoms with Crippen LogP contribution in [0.15, 0.2) is 0 Å². The van der Waals surface area contributed by atoms with Gasteiger partial charge in [0.05, 0.1) is 0 Å². The molecule has 0 radical (unpaired) electrons. The Balaban J connectivity index is 3.70. The molecule has 3 heteroatoms. The molecule has 0 aliphatic heterocycles. The normalized spacial score (nSPS) is 17.2. The van der Waals surface area contributed by atoms with Crippen molar-refractivity contribution < 1.29 is 4.21 Å². The predicted molar refractivity (Wildman–Crippen MR) is 45.7 cm³/mol. The third kappa shape index (κ3) is 4.79. The van der Waals surface area contributed by atoms with E-state index >= 15 is 0 Å². The van der Waals surface area contributed by atoms with Crippen LogP contribution in [0.1, 0.15) is 27.2 Å². The smallest absolute Gasteiger partial charge is 0.0438 e. The second-order valence-corrected chi connectivity index (χ2v) is 5.60. The molecule has 10 heavy (non-hydrogen) atoms. The molecule has 0 fully saturated rings. The molecule has 0 aromatic carbocycles. The van der Waals surface area contributed by atoms with E-state index in [0.717, 1.165) is 6.42 Å². The van der Waals surface area contributed by atoms with Crippen LogP contribution in [0, 0.1) is 10.7 Å². The minimum atomic E-state index is -2.21. The van der Waals surface area contributed by atoms with Gasteiger partial charge in [-0.25, -0.2) is 4.21 Å². The summed E-state index contributed by atoms with van der Waals surface area (Å²) in [5, 5.41) is 0. The van der Waals surface area contributed by atoms with Gasteiger partial charge in [-0.15, -0.1) is 0 Å². The van der Waals surface area contributed by atoms with Crippen LogP contribution in [-0.2, 0) is 9.73 Å². The molecule has 1 N–H and O–H groups in total. The fourth-order valence-corrected chi connectivity index (χ4v) is 1.71. The maximum Gasteiger partial charge on any atom is 0.0438 e. The predicted octanol–water partition coefficient (Wildman–Crippen LogP) is 2.10. The molecule has 0 amide bonds. The van der Waals surface area contributed by atoms with Crippen LogP contribution in [-0.4, -0.2) is 15.7 Å². The van der Waals surface area contributed by atoms with Crippen LogP contribution in [0.5, 0.6) is 0 Å². The monoisotopic (exact) mass is 163 g/mol. The van der Waals surface area contributed by atoms with Crippen LogP contribution in [0.2, 0.25) is 0 Å². The molecule has 0 aromatic rings. The van der Waals surface area contributed by atoms with Gasteiger partial charge in [0.1, 0.15) is 0 Å². The Morgan fingerprint density at radius 1 is 1.50 bits per heavy atom. The van der Waals surface area contributed by atoms with E-state index in [4.69, 9.17) is 4.78 Å². The lowest BCUT2D eigenvalue weighted by atomic mass is 10.2. The van der Waals surface area contributed by atoms with Crippen molar-refractivity contribution in [2.45, 2.75) is 27.2 Å². The van der Waals surface area contributed by atoms with E-state index in [1.165, 1.54) is 0 Å². The highest BCUT2D eigenvalue weighted by atomic mass is 32.2. The first-order valence-corrected chi connectivity index (χ1v) is 5.61. The zero-order valence-corrected chi connectivity index (χ0v) is 7.83. The molecular weight excluding hydrogens is 146 g/mol. The average molecular weight is 163 g/mol. The maximum absolute atomic E-state index is 11.1. The highest BCUT2D eigenvalue weighted by Gasteiger charge is 2.03. The molecule has 1 atom stereocenters. The van der Waals surface area contributed by atoms with E-state index in [9.17, 15) is 4.21 Å². The summed E-state index contributed by atoms with van der Waals surface area (Å²) in [6.45, 7) is 5.99. The van der Waals surface area contributed by atoms with E-state index in [1.54, 1.807) is 0 Å². The fraction of sp³-hybridized carbons (Fsp3) is 1.00. The van der Waals surface area contributed by atoms with Gasteiger partial charge in [0.2, 0.25) is 0 Å². The zero-order valence-electron chi connectivity index (χ0n) is 7.02. The number of nitrogens with one attached hydrogen (secondary N) is 1. The van der Waals surface area contributed by atoms with Crippen molar-refractivity contribution in [1.29, 1.82) is 4.78 Å². The van der Waals surface area contributed by atoms with Gasteiger partial charge in [-0.1, -0.05) is 20.8 Å². The number of hydrogen-bond donors (Lipinski definition) is 1. The molecule has 0 aliphatic carbocycles. The Hall–Kier alpha value is -0.0500. The van der Waals surface area contributed by atoms with Crippen LogP contribution < -0.4 is 0 Å². The van der Waals surface area contributed by atoms with E-state index in [1.807, 2.05) is 6.92 Å². The molecule has 0 aliphatic rings. The van der Waals surface area contributed by atoms with Gasteiger partial charge in [0.15, 0.2) is 0 Å². The van der Waals surface area contributed by atoms with Crippen molar-refractivity contribution in [2.75, 3.05) is 11.5 Å². The lowest BCUT2D eigenvalue weighted by Crippen LogP contribution is -2.08. The molecule has 0 heterocycles. The SMILES string of the molecule is CC[S@@](=N)(=O)CCC(C)C. The van der Waals surface area contributed by atoms with Crippen molar-refractivity contribution in [2.24, 2.45) is 5.92 Å². The van der Waals surface area contributed by atoms with Gasteiger partial charge in [0, 0.05) is 21.2 Å². The standard InChI is InChI=1S/C7H17NOS/c1-4-10(8,9)6-5-7(2)3/h7-8H,4-6H2,1-3H3/t10-/m1/s1. The lowest BCUT2D eigenvalue weighted by molar-refractivity contribution is 0.616. The van der Waals surface area contributed by atoms with Crippen molar-refractivity contribution >= 4 is 9.73 Å². The van der Waals surface area contributed by atoms with Crippen LogP contribution in [0.3, 0.4) is 0 Å². The van der Waals surface area contributed by atoms with Gasteiger partial charge in [0.25, 0.3) is 0 Å². The molecule has 0 unspecified atom stereocenters. The zero-order chi connectivity index (χ0) is 8.20. The van der Waals surface area contributed by atoms with E-state index < -0.39 is 9.73 Å². The van der Waals surface area contributed by atoms with Crippen molar-refractivity contribution in [1.82, 2.24) is 0 Å². The molecule has 2 nitrogen and oxygen atoms in total. The summed E-state index contributed by atoms with van der Waals surface area (Å²) in [5.41, 5.74) is 0. The van der Waals surface area contributed by atoms with Crippen LogP contribution in [0.25, 0.3) is 0 Å². The first kappa shape index (κ1) is 9.95. The van der Waals surface area contributed by atoms with Crippen LogP contribution in [0.4, 0.5) is 0 Å². The van der Waals surface area contributed by atoms with E-state index in [-0.39, 0.29) is 0 Å². The summed E-state index contributed by atoms with van der Waals surface area (Å²) >= 11 is 0. The van der Waals surface area contributed by atoms with Gasteiger partial charge in [-0.05, 0) is 12.3 Å². The van der Waals surface area contributed by atoms with E-state index in [2.05, 4.69) is 13.8 Å². The highest BCUT2D eigenvalue weighted by molar-refractivity contribution is 7.92. The van der Waals surface area contributed by atoms with Gasteiger partial charge >= 0.3 is 0 Å². The Kier molecular flexibility index (Phi) is 3.94. The lowest BCUT2D eigenvalue weighted by Gasteiger charge is -2.05. The Labute approximate surface area is 64.0 Å². The topological polar surface area (TPSA) is 40.9 Å². The molecular formula is C7H17NOS. The molecule has 0 saturated heterocycles. The minimum Gasteiger partial charge on any atom is -0.253 e. The van der Waals surface area contributed by atoms with Gasteiger partial charge in [-0.3, -0.25) is 4.78 Å². The molecule has 0 rings (SSSR count). The quantitative estimate of drug-likeness (QED) is 0.677. The summed E-state index contributed by atoms with van der Waals surface area (Å²) in [6, 6.07) is 0. The Morgan fingerprint density at radius 3 is 2.30 bits per heavy atom. The second-order valence-electron chi connectivity index (χ2n) is 2.99. The molecule has 0 aromatic heterocycles. The Bertz CT molecular complexity index is 170. The van der Waals surface area contributed by atoms with E-state index in [0.29, 0.717) is 17.4 Å². The molecule has 62 valence electrons. The van der Waals surface area contributed by atoms with Gasteiger partial charge < -0.3 is 0 Å². The van der Waals surface area contributed by atoms with Crippen LogP contribution >= 0.6 is 0 Å². The molecule has 0 saturated carbocycles. The minimum absolute atomic E-state index is 0.500. The number of rotatable bonds is 4. The summed E-state index contributed by atoms with van der Waals surface area (Å²) in [5.74, 6) is 1.64. The summed E-state index contributed by atoms with van der Waals surface area (Å²) in [7, 11) is -2.21.